The summed E-state index contributed by atoms with van der Waals surface area (Å²) in [5, 5.41) is 4.75. The Morgan fingerprint density at radius 1 is 0.958 bits per heavy atom. The van der Waals surface area contributed by atoms with E-state index in [1.165, 1.54) is 11.3 Å². The molecule has 4 rings (SSSR count). The molecule has 0 atom stereocenters. The second-order valence-electron chi connectivity index (χ2n) is 6.01. The number of benzene rings is 2. The van der Waals surface area contributed by atoms with Crippen LogP contribution in [0.15, 0.2) is 42.5 Å². The number of fused-ring (bicyclic) bond motifs is 2. The number of para-hydroxylation sites is 1. The summed E-state index contributed by atoms with van der Waals surface area (Å²) in [6.07, 6.45) is 3.28. The Kier molecular flexibility index (Phi) is 3.73. The number of anilines is 2. The van der Waals surface area contributed by atoms with Crippen molar-refractivity contribution in [1.82, 2.24) is 4.98 Å². The summed E-state index contributed by atoms with van der Waals surface area (Å²) in [5.74, 6) is 1.54. The molecular weight excluding hydrogens is 300 g/mol. The van der Waals surface area contributed by atoms with Crippen molar-refractivity contribution >= 4 is 22.3 Å². The summed E-state index contributed by atoms with van der Waals surface area (Å²) in [6, 6.07) is 14.1. The van der Waals surface area contributed by atoms with Crippen molar-refractivity contribution in [1.29, 1.82) is 0 Å². The number of ether oxygens (including phenoxy) is 2. The van der Waals surface area contributed by atoms with E-state index in [4.69, 9.17) is 14.5 Å². The van der Waals surface area contributed by atoms with Crippen molar-refractivity contribution in [2.24, 2.45) is 0 Å². The smallest absolute Gasteiger partial charge is 0.124 e. The fraction of sp³-hybridized carbons (Fsp3) is 0.250. The minimum Gasteiger partial charge on any atom is -0.497 e. The predicted molar refractivity (Wildman–Crippen MR) is 96.6 cm³/mol. The summed E-state index contributed by atoms with van der Waals surface area (Å²) in [6.45, 7) is 0. The fourth-order valence-corrected chi connectivity index (χ4v) is 3.38. The van der Waals surface area contributed by atoms with Gasteiger partial charge in [0.1, 0.15) is 11.5 Å². The quantitative estimate of drug-likeness (QED) is 0.769. The van der Waals surface area contributed by atoms with Gasteiger partial charge in [0.2, 0.25) is 0 Å². The van der Waals surface area contributed by atoms with Gasteiger partial charge < -0.3 is 14.8 Å². The van der Waals surface area contributed by atoms with Crippen molar-refractivity contribution in [2.75, 3.05) is 19.5 Å². The lowest BCUT2D eigenvalue weighted by Gasteiger charge is -2.16. The molecule has 0 bridgehead atoms. The Morgan fingerprint density at radius 3 is 2.46 bits per heavy atom. The van der Waals surface area contributed by atoms with Crippen LogP contribution in [0.3, 0.4) is 0 Å². The summed E-state index contributed by atoms with van der Waals surface area (Å²) in [5.41, 5.74) is 5.69. The Morgan fingerprint density at radius 2 is 1.71 bits per heavy atom. The Hall–Kier alpha value is -2.75. The van der Waals surface area contributed by atoms with Crippen LogP contribution in [0, 0.1) is 0 Å². The number of aromatic nitrogens is 1. The molecule has 0 amide bonds. The molecule has 0 saturated carbocycles. The predicted octanol–water partition coefficient (Wildman–Crippen LogP) is 4.48. The Balaban J connectivity index is 1.85. The summed E-state index contributed by atoms with van der Waals surface area (Å²) in [4.78, 5) is 4.84. The molecule has 0 radical (unpaired) electrons. The summed E-state index contributed by atoms with van der Waals surface area (Å²) < 4.78 is 10.8. The van der Waals surface area contributed by atoms with Crippen LogP contribution in [0.5, 0.6) is 11.5 Å². The van der Waals surface area contributed by atoms with Crippen molar-refractivity contribution in [3.05, 3.63) is 53.7 Å². The van der Waals surface area contributed by atoms with E-state index in [-0.39, 0.29) is 0 Å². The van der Waals surface area contributed by atoms with E-state index < -0.39 is 0 Å². The zero-order chi connectivity index (χ0) is 16.5. The van der Waals surface area contributed by atoms with E-state index in [1.807, 2.05) is 24.3 Å². The first-order valence-corrected chi connectivity index (χ1v) is 8.19. The number of hydrogen-bond acceptors (Lipinski definition) is 4. The third-order valence-corrected chi connectivity index (χ3v) is 4.54. The third-order valence-electron chi connectivity index (χ3n) is 4.54. The Labute approximate surface area is 141 Å². The van der Waals surface area contributed by atoms with Gasteiger partial charge in [0, 0.05) is 35.0 Å². The molecule has 2 aromatic carbocycles. The molecule has 0 aliphatic heterocycles. The van der Waals surface area contributed by atoms with Crippen LogP contribution in [0.4, 0.5) is 11.4 Å². The SMILES string of the molecule is COc1cc(Nc2c3c(nc4ccccc24)CCC3)cc(OC)c1. The largest absolute Gasteiger partial charge is 0.497 e. The van der Waals surface area contributed by atoms with Crippen molar-refractivity contribution in [2.45, 2.75) is 19.3 Å². The highest BCUT2D eigenvalue weighted by Crippen LogP contribution is 2.37. The van der Waals surface area contributed by atoms with E-state index in [2.05, 4.69) is 23.5 Å². The molecule has 3 aromatic rings. The molecule has 1 aliphatic carbocycles. The van der Waals surface area contributed by atoms with Gasteiger partial charge in [-0.1, -0.05) is 18.2 Å². The zero-order valence-corrected chi connectivity index (χ0v) is 13.9. The van der Waals surface area contributed by atoms with E-state index >= 15 is 0 Å². The lowest BCUT2D eigenvalue weighted by Crippen LogP contribution is -2.00. The van der Waals surface area contributed by atoms with E-state index in [1.54, 1.807) is 14.2 Å². The van der Waals surface area contributed by atoms with Gasteiger partial charge >= 0.3 is 0 Å². The molecule has 4 heteroatoms. The minimum atomic E-state index is 0.770. The first-order chi connectivity index (χ1) is 11.8. The molecule has 122 valence electrons. The highest BCUT2D eigenvalue weighted by molar-refractivity contribution is 5.95. The minimum absolute atomic E-state index is 0.770. The third kappa shape index (κ3) is 2.54. The molecule has 0 saturated heterocycles. The molecular formula is C20H20N2O2. The van der Waals surface area contributed by atoms with Crippen LogP contribution in [0.25, 0.3) is 10.9 Å². The molecule has 0 unspecified atom stereocenters. The van der Waals surface area contributed by atoms with Gasteiger partial charge in [0.25, 0.3) is 0 Å². The van der Waals surface area contributed by atoms with Gasteiger partial charge in [0.05, 0.1) is 25.4 Å². The molecule has 1 aliphatic rings. The van der Waals surface area contributed by atoms with E-state index in [0.29, 0.717) is 0 Å². The normalized spacial score (nSPS) is 12.9. The molecule has 1 aromatic heterocycles. The average molecular weight is 320 g/mol. The first-order valence-electron chi connectivity index (χ1n) is 8.19. The van der Waals surface area contributed by atoms with Crippen LogP contribution >= 0.6 is 0 Å². The molecule has 24 heavy (non-hydrogen) atoms. The van der Waals surface area contributed by atoms with Crippen molar-refractivity contribution in [3.63, 3.8) is 0 Å². The van der Waals surface area contributed by atoms with Crippen LogP contribution in [-0.4, -0.2) is 19.2 Å². The van der Waals surface area contributed by atoms with Crippen molar-refractivity contribution < 1.29 is 9.47 Å². The van der Waals surface area contributed by atoms with E-state index in [0.717, 1.165) is 53.0 Å². The maximum absolute atomic E-state index is 5.38. The van der Waals surface area contributed by atoms with Crippen LogP contribution in [0.1, 0.15) is 17.7 Å². The first kappa shape index (κ1) is 14.8. The monoisotopic (exact) mass is 320 g/mol. The fourth-order valence-electron chi connectivity index (χ4n) is 3.38. The molecule has 0 spiro atoms. The highest BCUT2D eigenvalue weighted by atomic mass is 16.5. The summed E-state index contributed by atoms with van der Waals surface area (Å²) >= 11 is 0. The number of methoxy groups -OCH3 is 2. The Bertz CT molecular complexity index is 883. The second-order valence-corrected chi connectivity index (χ2v) is 6.01. The van der Waals surface area contributed by atoms with Gasteiger partial charge in [-0.3, -0.25) is 4.98 Å². The maximum atomic E-state index is 5.38. The maximum Gasteiger partial charge on any atom is 0.124 e. The van der Waals surface area contributed by atoms with Crippen LogP contribution < -0.4 is 14.8 Å². The number of nitrogens with one attached hydrogen (secondary N) is 1. The van der Waals surface area contributed by atoms with E-state index in [9.17, 15) is 0 Å². The second kappa shape index (κ2) is 6.04. The van der Waals surface area contributed by atoms with Crippen LogP contribution in [-0.2, 0) is 12.8 Å². The average Bonchev–Trinajstić information content (AvgIpc) is 3.09. The molecule has 1 N–H and O–H groups in total. The van der Waals surface area contributed by atoms with Gasteiger partial charge in [-0.25, -0.2) is 0 Å². The van der Waals surface area contributed by atoms with Crippen LogP contribution in [0.2, 0.25) is 0 Å². The lowest BCUT2D eigenvalue weighted by atomic mass is 10.1. The van der Waals surface area contributed by atoms with Gasteiger partial charge in [-0.05, 0) is 30.9 Å². The number of aryl methyl sites for hydroxylation is 1. The lowest BCUT2D eigenvalue weighted by molar-refractivity contribution is 0.395. The zero-order valence-electron chi connectivity index (χ0n) is 13.9. The number of rotatable bonds is 4. The van der Waals surface area contributed by atoms with Gasteiger partial charge in [-0.2, -0.15) is 0 Å². The van der Waals surface area contributed by atoms with Gasteiger partial charge in [0.15, 0.2) is 0 Å². The highest BCUT2D eigenvalue weighted by Gasteiger charge is 2.19. The number of nitrogens with zero attached hydrogens (tertiary/aromatic N) is 1. The molecule has 4 nitrogen and oxygen atoms in total. The number of pyridine rings is 1. The molecule has 0 fully saturated rings. The van der Waals surface area contributed by atoms with Crippen molar-refractivity contribution in [3.8, 4) is 11.5 Å². The van der Waals surface area contributed by atoms with Gasteiger partial charge in [-0.15, -0.1) is 0 Å². The standard InChI is InChI=1S/C20H20N2O2/c1-23-14-10-13(11-15(12-14)24-2)21-20-16-6-3-4-8-18(16)22-19-9-5-7-17(19)20/h3-4,6,8,10-12H,5,7,9H2,1-2H3,(H,21,22). The summed E-state index contributed by atoms with van der Waals surface area (Å²) in [7, 11) is 3.33. The topological polar surface area (TPSA) is 43.4 Å². The number of hydrogen-bond donors (Lipinski definition) is 1. The molecule has 1 heterocycles.